The van der Waals surface area contributed by atoms with E-state index in [0.29, 0.717) is 17.2 Å². The van der Waals surface area contributed by atoms with Crippen LogP contribution in [-0.2, 0) is 6.42 Å². The number of ether oxygens (including phenoxy) is 4. The lowest BCUT2D eigenvalue weighted by atomic mass is 9.99. The molecule has 0 spiro atoms. The quantitative estimate of drug-likeness (QED) is 0.759. The van der Waals surface area contributed by atoms with Crippen LogP contribution in [0, 0.1) is 6.92 Å². The summed E-state index contributed by atoms with van der Waals surface area (Å²) in [5.41, 5.74) is 2.17. The fourth-order valence-electron chi connectivity index (χ4n) is 2.31. The number of methoxy groups -OCH3 is 4. The predicted molar refractivity (Wildman–Crippen MR) is 76.0 cm³/mol. The van der Waals surface area contributed by atoms with Crippen LogP contribution < -0.4 is 18.9 Å². The van der Waals surface area contributed by atoms with Gasteiger partial charge in [-0.05, 0) is 19.8 Å². The predicted octanol–water partition coefficient (Wildman–Crippen LogP) is 3.37. The fraction of sp³-hybridized carbons (Fsp3) is 0.600. The van der Waals surface area contributed by atoms with Gasteiger partial charge in [0.25, 0.3) is 0 Å². The molecule has 0 atom stereocenters. The maximum atomic E-state index is 5.53. The van der Waals surface area contributed by atoms with Gasteiger partial charge in [-0.2, -0.15) is 0 Å². The largest absolute Gasteiger partial charge is 0.492 e. The Labute approximate surface area is 115 Å². The second kappa shape index (κ2) is 7.12. The highest BCUT2D eigenvalue weighted by Crippen LogP contribution is 2.49. The molecule has 0 saturated carbocycles. The molecule has 0 aliphatic carbocycles. The van der Waals surface area contributed by atoms with E-state index in [9.17, 15) is 0 Å². The molecule has 0 aromatic heterocycles. The first-order valence-electron chi connectivity index (χ1n) is 6.51. The first-order valence-corrected chi connectivity index (χ1v) is 6.51. The van der Waals surface area contributed by atoms with Crippen molar-refractivity contribution in [3.63, 3.8) is 0 Å². The molecule has 0 amide bonds. The van der Waals surface area contributed by atoms with E-state index in [1.165, 1.54) is 0 Å². The van der Waals surface area contributed by atoms with E-state index in [1.807, 2.05) is 6.92 Å². The monoisotopic (exact) mass is 268 g/mol. The van der Waals surface area contributed by atoms with E-state index in [0.717, 1.165) is 36.1 Å². The third-order valence-corrected chi connectivity index (χ3v) is 3.28. The highest BCUT2D eigenvalue weighted by atomic mass is 16.5. The smallest absolute Gasteiger partial charge is 0.207 e. The summed E-state index contributed by atoms with van der Waals surface area (Å²) >= 11 is 0. The van der Waals surface area contributed by atoms with Gasteiger partial charge in [-0.1, -0.05) is 13.3 Å². The van der Waals surface area contributed by atoms with Crippen molar-refractivity contribution in [2.24, 2.45) is 0 Å². The molecule has 0 unspecified atom stereocenters. The summed E-state index contributed by atoms with van der Waals surface area (Å²) in [5, 5.41) is 0. The van der Waals surface area contributed by atoms with Crippen LogP contribution in [0.2, 0.25) is 0 Å². The van der Waals surface area contributed by atoms with Crippen molar-refractivity contribution in [1.29, 1.82) is 0 Å². The van der Waals surface area contributed by atoms with Gasteiger partial charge in [0.1, 0.15) is 0 Å². The Morgan fingerprint density at radius 3 is 1.63 bits per heavy atom. The molecule has 0 N–H and O–H groups in total. The maximum absolute atomic E-state index is 5.53. The molecule has 0 radical (unpaired) electrons. The molecule has 4 nitrogen and oxygen atoms in total. The number of hydrogen-bond donors (Lipinski definition) is 0. The summed E-state index contributed by atoms with van der Waals surface area (Å²) in [6.07, 6.45) is 3.15. The average molecular weight is 268 g/mol. The van der Waals surface area contributed by atoms with Gasteiger partial charge < -0.3 is 18.9 Å². The molecule has 0 bridgehead atoms. The minimum absolute atomic E-state index is 0.583. The summed E-state index contributed by atoms with van der Waals surface area (Å²) in [6.45, 7) is 4.19. The van der Waals surface area contributed by atoms with Crippen LogP contribution in [0.5, 0.6) is 23.0 Å². The van der Waals surface area contributed by atoms with Crippen molar-refractivity contribution in [2.75, 3.05) is 28.4 Å². The highest BCUT2D eigenvalue weighted by Gasteiger charge is 2.24. The van der Waals surface area contributed by atoms with Crippen LogP contribution in [-0.4, -0.2) is 28.4 Å². The maximum Gasteiger partial charge on any atom is 0.207 e. The van der Waals surface area contributed by atoms with E-state index in [2.05, 4.69) is 6.92 Å². The van der Waals surface area contributed by atoms with Crippen LogP contribution in [0.3, 0.4) is 0 Å². The zero-order valence-corrected chi connectivity index (χ0v) is 12.8. The van der Waals surface area contributed by atoms with Gasteiger partial charge in [0.2, 0.25) is 11.5 Å². The van der Waals surface area contributed by atoms with E-state index in [4.69, 9.17) is 18.9 Å². The summed E-state index contributed by atoms with van der Waals surface area (Å²) in [4.78, 5) is 0. The van der Waals surface area contributed by atoms with Crippen molar-refractivity contribution < 1.29 is 18.9 Å². The fourth-order valence-corrected chi connectivity index (χ4v) is 2.31. The van der Waals surface area contributed by atoms with Gasteiger partial charge in [0, 0.05) is 11.1 Å². The number of unbranched alkanes of at least 4 members (excludes halogenated alkanes) is 1. The van der Waals surface area contributed by atoms with E-state index < -0.39 is 0 Å². The third-order valence-electron chi connectivity index (χ3n) is 3.28. The molecule has 1 aromatic carbocycles. The van der Waals surface area contributed by atoms with E-state index in [-0.39, 0.29) is 0 Å². The number of rotatable bonds is 7. The molecule has 0 fully saturated rings. The molecule has 0 aliphatic heterocycles. The molecular weight excluding hydrogens is 244 g/mol. The molecule has 1 rings (SSSR count). The molecule has 0 saturated heterocycles. The molecule has 0 heterocycles. The van der Waals surface area contributed by atoms with Crippen LogP contribution in [0.15, 0.2) is 0 Å². The zero-order valence-electron chi connectivity index (χ0n) is 12.8. The summed E-state index contributed by atoms with van der Waals surface area (Å²) in [6, 6.07) is 0. The molecule has 1 aromatic rings. The first-order chi connectivity index (χ1) is 9.15. The van der Waals surface area contributed by atoms with Gasteiger partial charge in [0.15, 0.2) is 11.5 Å². The van der Waals surface area contributed by atoms with Gasteiger partial charge in [-0.25, -0.2) is 0 Å². The van der Waals surface area contributed by atoms with E-state index >= 15 is 0 Å². The molecule has 4 heteroatoms. The average Bonchev–Trinajstić information content (AvgIpc) is 2.44. The number of hydrogen-bond acceptors (Lipinski definition) is 4. The standard InChI is InChI=1S/C15H24O4/c1-7-8-9-11-10(2)12(16-3)14(18-5)15(19-6)13(11)17-4/h7-9H2,1-6H3. The normalized spacial score (nSPS) is 10.2. The van der Waals surface area contributed by atoms with Crippen molar-refractivity contribution in [1.82, 2.24) is 0 Å². The molecule has 0 aliphatic rings. The SMILES string of the molecule is CCCCc1c(C)c(OC)c(OC)c(OC)c1OC. The second-order valence-electron chi connectivity index (χ2n) is 4.34. The Bertz CT molecular complexity index is 427. The summed E-state index contributed by atoms with van der Waals surface area (Å²) in [5.74, 6) is 2.63. The summed E-state index contributed by atoms with van der Waals surface area (Å²) in [7, 11) is 6.50. The Balaban J connectivity index is 3.52. The van der Waals surface area contributed by atoms with Crippen molar-refractivity contribution in [3.05, 3.63) is 11.1 Å². The van der Waals surface area contributed by atoms with Crippen LogP contribution in [0.25, 0.3) is 0 Å². The van der Waals surface area contributed by atoms with Gasteiger partial charge >= 0.3 is 0 Å². The number of benzene rings is 1. The third kappa shape index (κ3) is 2.88. The minimum atomic E-state index is 0.583. The molecule has 108 valence electrons. The Morgan fingerprint density at radius 2 is 1.21 bits per heavy atom. The van der Waals surface area contributed by atoms with Gasteiger partial charge in [0.05, 0.1) is 28.4 Å². The van der Waals surface area contributed by atoms with Gasteiger partial charge in [-0.15, -0.1) is 0 Å². The topological polar surface area (TPSA) is 36.9 Å². The van der Waals surface area contributed by atoms with Crippen molar-refractivity contribution >= 4 is 0 Å². The van der Waals surface area contributed by atoms with Gasteiger partial charge in [-0.3, -0.25) is 0 Å². The molecule has 19 heavy (non-hydrogen) atoms. The summed E-state index contributed by atoms with van der Waals surface area (Å²) < 4.78 is 21.9. The minimum Gasteiger partial charge on any atom is -0.492 e. The lowest BCUT2D eigenvalue weighted by Crippen LogP contribution is -2.04. The lowest BCUT2D eigenvalue weighted by molar-refractivity contribution is 0.302. The van der Waals surface area contributed by atoms with Crippen LogP contribution in [0.1, 0.15) is 30.9 Å². The lowest BCUT2D eigenvalue weighted by Gasteiger charge is -2.21. The van der Waals surface area contributed by atoms with Crippen molar-refractivity contribution in [3.8, 4) is 23.0 Å². The zero-order chi connectivity index (χ0) is 14.4. The van der Waals surface area contributed by atoms with Crippen molar-refractivity contribution in [2.45, 2.75) is 33.1 Å². The Hall–Kier alpha value is -1.58. The second-order valence-corrected chi connectivity index (χ2v) is 4.34. The Morgan fingerprint density at radius 1 is 0.737 bits per heavy atom. The van der Waals surface area contributed by atoms with E-state index in [1.54, 1.807) is 28.4 Å². The molecular formula is C15H24O4. The Kier molecular flexibility index (Phi) is 5.80. The first kappa shape index (κ1) is 15.5. The van der Waals surface area contributed by atoms with Crippen LogP contribution >= 0.6 is 0 Å². The van der Waals surface area contributed by atoms with Crippen LogP contribution in [0.4, 0.5) is 0 Å². The highest BCUT2D eigenvalue weighted by molar-refractivity contribution is 5.66.